The van der Waals surface area contributed by atoms with E-state index in [1.54, 1.807) is 25.1 Å². The van der Waals surface area contributed by atoms with Crippen LogP contribution in [0.3, 0.4) is 0 Å². The van der Waals surface area contributed by atoms with Gasteiger partial charge in [-0.2, -0.15) is 0 Å². The highest BCUT2D eigenvalue weighted by atomic mass is 127. The lowest BCUT2D eigenvalue weighted by molar-refractivity contribution is 0.0702. The smallest absolute Gasteiger partial charge is 0.345 e. The highest BCUT2D eigenvalue weighted by Crippen LogP contribution is 2.27. The zero-order valence-electron chi connectivity index (χ0n) is 10.3. The summed E-state index contributed by atoms with van der Waals surface area (Å²) in [5.74, 6) is -1.13. The van der Waals surface area contributed by atoms with Gasteiger partial charge in [-0.3, -0.25) is 4.72 Å². The molecule has 0 fully saturated rings. The van der Waals surface area contributed by atoms with Gasteiger partial charge in [0.15, 0.2) is 0 Å². The van der Waals surface area contributed by atoms with Crippen LogP contribution in [0.2, 0.25) is 0 Å². The van der Waals surface area contributed by atoms with Gasteiger partial charge in [0.05, 0.1) is 0 Å². The number of halogens is 1. The molecule has 0 atom stereocenters. The van der Waals surface area contributed by atoms with Crippen LogP contribution < -0.4 is 4.72 Å². The first-order valence-corrected chi connectivity index (χ1v) is 8.79. The van der Waals surface area contributed by atoms with Crippen molar-refractivity contribution >= 4 is 55.6 Å². The molecular formula is C12H10INO4S2. The van der Waals surface area contributed by atoms with E-state index in [2.05, 4.69) is 27.3 Å². The van der Waals surface area contributed by atoms with Crippen LogP contribution in [0.4, 0.5) is 5.69 Å². The summed E-state index contributed by atoms with van der Waals surface area (Å²) < 4.78 is 27.9. The molecule has 0 saturated heterocycles. The maximum Gasteiger partial charge on any atom is 0.345 e. The van der Waals surface area contributed by atoms with Gasteiger partial charge in [0.2, 0.25) is 0 Å². The van der Waals surface area contributed by atoms with Crippen LogP contribution in [0, 0.1) is 10.5 Å². The van der Waals surface area contributed by atoms with Gasteiger partial charge in [-0.15, -0.1) is 11.3 Å². The largest absolute Gasteiger partial charge is 0.477 e. The first kappa shape index (κ1) is 15.3. The number of hydrogen-bond acceptors (Lipinski definition) is 4. The number of benzene rings is 1. The molecule has 0 saturated carbocycles. The fourth-order valence-corrected chi connectivity index (χ4v) is 4.62. The number of carboxylic acid groups (broad SMARTS) is 1. The van der Waals surface area contributed by atoms with Gasteiger partial charge in [0.25, 0.3) is 10.0 Å². The highest BCUT2D eigenvalue weighted by molar-refractivity contribution is 14.1. The van der Waals surface area contributed by atoms with Gasteiger partial charge >= 0.3 is 5.97 Å². The molecule has 20 heavy (non-hydrogen) atoms. The first-order valence-electron chi connectivity index (χ1n) is 5.42. The van der Waals surface area contributed by atoms with Crippen molar-refractivity contribution in [3.63, 3.8) is 0 Å². The van der Waals surface area contributed by atoms with E-state index in [1.807, 2.05) is 6.07 Å². The quantitative estimate of drug-likeness (QED) is 0.741. The van der Waals surface area contributed by atoms with Crippen LogP contribution in [0.25, 0.3) is 0 Å². The fourth-order valence-electron chi connectivity index (χ4n) is 1.60. The standard InChI is InChI=1S/C12H10INO4S2/c1-7-11(6-10(19-7)12(15)16)20(17,18)14-9-4-2-3-8(13)5-9/h2-6,14H,1H3,(H,15,16). The average Bonchev–Trinajstić information content (AvgIpc) is 2.71. The Labute approximate surface area is 133 Å². The van der Waals surface area contributed by atoms with E-state index in [0.717, 1.165) is 14.9 Å². The zero-order chi connectivity index (χ0) is 14.9. The van der Waals surface area contributed by atoms with E-state index >= 15 is 0 Å². The minimum absolute atomic E-state index is 0.00115. The molecule has 8 heteroatoms. The second-order valence-corrected chi connectivity index (χ2v) is 8.10. The lowest BCUT2D eigenvalue weighted by Gasteiger charge is -2.07. The van der Waals surface area contributed by atoms with Gasteiger partial charge < -0.3 is 5.11 Å². The maximum absolute atomic E-state index is 12.3. The lowest BCUT2D eigenvalue weighted by Crippen LogP contribution is -2.13. The number of nitrogens with one attached hydrogen (secondary N) is 1. The van der Waals surface area contributed by atoms with Gasteiger partial charge in [0.1, 0.15) is 9.77 Å². The molecular weight excluding hydrogens is 413 g/mol. The molecule has 0 amide bonds. The molecule has 0 aliphatic heterocycles. The Morgan fingerprint density at radius 3 is 2.60 bits per heavy atom. The third-order valence-electron chi connectivity index (χ3n) is 2.45. The average molecular weight is 423 g/mol. The topological polar surface area (TPSA) is 83.5 Å². The summed E-state index contributed by atoms with van der Waals surface area (Å²) in [5, 5.41) is 8.91. The summed E-state index contributed by atoms with van der Waals surface area (Å²) >= 11 is 3.02. The molecule has 1 heterocycles. The van der Waals surface area contributed by atoms with Crippen molar-refractivity contribution in [1.29, 1.82) is 0 Å². The van der Waals surface area contributed by atoms with E-state index in [9.17, 15) is 13.2 Å². The summed E-state index contributed by atoms with van der Waals surface area (Å²) in [6.45, 7) is 1.58. The van der Waals surface area contributed by atoms with Crippen molar-refractivity contribution in [1.82, 2.24) is 0 Å². The van der Waals surface area contributed by atoms with E-state index in [4.69, 9.17) is 5.11 Å². The molecule has 2 rings (SSSR count). The Kier molecular flexibility index (Phi) is 4.35. The number of carbonyl (C=O) groups is 1. The molecule has 0 spiro atoms. The number of sulfonamides is 1. The summed E-state index contributed by atoms with van der Waals surface area (Å²) in [6.07, 6.45) is 0. The molecule has 0 radical (unpaired) electrons. The summed E-state index contributed by atoms with van der Waals surface area (Å²) in [6, 6.07) is 8.09. The van der Waals surface area contributed by atoms with E-state index in [0.29, 0.717) is 10.6 Å². The number of aromatic carboxylic acids is 1. The third-order valence-corrected chi connectivity index (χ3v) is 5.80. The van der Waals surface area contributed by atoms with Crippen molar-refractivity contribution in [2.24, 2.45) is 0 Å². The first-order chi connectivity index (χ1) is 9.29. The Morgan fingerprint density at radius 1 is 1.35 bits per heavy atom. The van der Waals surface area contributed by atoms with Crippen molar-refractivity contribution in [3.05, 3.63) is 43.7 Å². The van der Waals surface area contributed by atoms with Crippen LogP contribution >= 0.6 is 33.9 Å². The Balaban J connectivity index is 2.38. The molecule has 2 N–H and O–H groups in total. The van der Waals surface area contributed by atoms with Crippen molar-refractivity contribution in [2.45, 2.75) is 11.8 Å². The van der Waals surface area contributed by atoms with Gasteiger partial charge in [-0.1, -0.05) is 6.07 Å². The maximum atomic E-state index is 12.3. The lowest BCUT2D eigenvalue weighted by atomic mass is 10.3. The van der Waals surface area contributed by atoms with Gasteiger partial charge in [0, 0.05) is 14.1 Å². The summed E-state index contributed by atoms with van der Waals surface area (Å²) in [7, 11) is -3.78. The van der Waals surface area contributed by atoms with Gasteiger partial charge in [-0.25, -0.2) is 13.2 Å². The molecule has 2 aromatic rings. The third kappa shape index (κ3) is 3.30. The van der Waals surface area contributed by atoms with Crippen molar-refractivity contribution < 1.29 is 18.3 Å². The number of anilines is 1. The number of hydrogen-bond donors (Lipinski definition) is 2. The Morgan fingerprint density at radius 2 is 2.05 bits per heavy atom. The second-order valence-electron chi connectivity index (χ2n) is 3.95. The van der Waals surface area contributed by atoms with Crippen LogP contribution in [0.5, 0.6) is 0 Å². The monoisotopic (exact) mass is 423 g/mol. The number of carboxylic acids is 1. The zero-order valence-corrected chi connectivity index (χ0v) is 14.0. The van der Waals surface area contributed by atoms with E-state index in [-0.39, 0.29) is 9.77 Å². The van der Waals surface area contributed by atoms with E-state index in [1.165, 1.54) is 6.07 Å². The molecule has 0 aliphatic carbocycles. The minimum Gasteiger partial charge on any atom is -0.477 e. The SMILES string of the molecule is Cc1sc(C(=O)O)cc1S(=O)(=O)Nc1cccc(I)c1. The Bertz CT molecular complexity index is 768. The van der Waals surface area contributed by atoms with Gasteiger partial charge in [-0.05, 0) is 53.8 Å². The molecule has 5 nitrogen and oxygen atoms in total. The minimum atomic E-state index is -3.78. The van der Waals surface area contributed by atoms with Crippen LogP contribution in [0.1, 0.15) is 14.5 Å². The van der Waals surface area contributed by atoms with Crippen LogP contribution in [-0.4, -0.2) is 19.5 Å². The highest BCUT2D eigenvalue weighted by Gasteiger charge is 2.22. The predicted octanol–water partition coefficient (Wildman–Crippen LogP) is 3.16. The molecule has 1 aromatic carbocycles. The second kappa shape index (κ2) is 5.70. The van der Waals surface area contributed by atoms with Crippen LogP contribution in [0.15, 0.2) is 35.2 Å². The predicted molar refractivity (Wildman–Crippen MR) is 86.0 cm³/mol. The number of aryl methyl sites for hydroxylation is 1. The summed E-state index contributed by atoms with van der Waals surface area (Å²) in [5.41, 5.74) is 0.444. The molecule has 0 bridgehead atoms. The van der Waals surface area contributed by atoms with Crippen LogP contribution in [-0.2, 0) is 10.0 Å². The fraction of sp³-hybridized carbons (Fsp3) is 0.0833. The molecule has 0 aliphatic rings. The number of thiophene rings is 1. The normalized spacial score (nSPS) is 11.3. The Hall–Kier alpha value is -1.13. The number of rotatable bonds is 4. The summed E-state index contributed by atoms with van der Waals surface area (Å²) in [4.78, 5) is 11.3. The van der Waals surface area contributed by atoms with Crippen molar-refractivity contribution in [2.75, 3.05) is 4.72 Å². The molecule has 1 aromatic heterocycles. The van der Waals surface area contributed by atoms with Crippen molar-refractivity contribution in [3.8, 4) is 0 Å². The molecule has 0 unspecified atom stereocenters. The van der Waals surface area contributed by atoms with E-state index < -0.39 is 16.0 Å². The molecule has 106 valence electrons.